The number of benzene rings is 1. The Morgan fingerprint density at radius 2 is 1.96 bits per heavy atom. The van der Waals surface area contributed by atoms with Gasteiger partial charge in [0.25, 0.3) is 11.6 Å². The van der Waals surface area contributed by atoms with E-state index in [4.69, 9.17) is 29.2 Å². The van der Waals surface area contributed by atoms with Crippen molar-refractivity contribution in [2.45, 2.75) is 51.4 Å². The molecule has 6 atom stereocenters. The molecule has 19 nitrogen and oxygen atoms in total. The first-order chi connectivity index (χ1) is 22.1. The second kappa shape index (κ2) is 14.4. The Bertz CT molecular complexity index is 1830. The Balaban J connectivity index is 0.00000520. The monoisotopic (exact) mass is 698 g/mol. The second-order valence-electron chi connectivity index (χ2n) is 11.7. The van der Waals surface area contributed by atoms with Crippen LogP contribution in [0, 0.1) is 15.5 Å². The van der Waals surface area contributed by atoms with Crippen LogP contribution in [-0.4, -0.2) is 67.0 Å². The van der Waals surface area contributed by atoms with Crippen LogP contribution in [0.25, 0.3) is 11.2 Å². The standard InChI is InChI=1S/C27H33N8O11P.Na/c1-27(2,3)21(15-8-6-7-9-16(15)35(38)39)46-26(37)45-19-17(12-43-47(40,41)33-11-10-29-13-33)44-24(20(19)42-5)34-14-32(4)18-22(34)30-25(28)31-23(18)36;/h6-11,13-14,17,19-21,24H,12H2,1-5H3,(H3-,28,30,31,36,40,41);/q;+1/p-1/t17-,19+,20?,21?,24-;/m1./s1. The average molecular weight is 699 g/mol. The van der Waals surface area contributed by atoms with Crippen molar-refractivity contribution in [3.05, 3.63) is 65.0 Å². The number of para-hydroxylation sites is 1. The smallest absolute Gasteiger partial charge is 0.856 e. The van der Waals surface area contributed by atoms with Crippen LogP contribution in [0.3, 0.4) is 0 Å². The summed E-state index contributed by atoms with van der Waals surface area (Å²) in [5.41, 5.74) is 4.94. The molecular weight excluding hydrogens is 666 g/mol. The number of anilines is 1. The number of nitro groups is 1. The van der Waals surface area contributed by atoms with Gasteiger partial charge in [0.05, 0.1) is 24.1 Å². The molecule has 4 aromatic rings. The number of carbonyl (C=O) groups is 1. The van der Waals surface area contributed by atoms with Crippen molar-refractivity contribution in [2.75, 3.05) is 19.5 Å². The van der Waals surface area contributed by atoms with Gasteiger partial charge in [-0.25, -0.2) is 19.3 Å². The number of methoxy groups -OCH3 is 1. The molecule has 3 unspecified atom stereocenters. The summed E-state index contributed by atoms with van der Waals surface area (Å²) in [6.45, 7) is 4.51. The number of nitrogens with two attached hydrogens (primary N) is 1. The summed E-state index contributed by atoms with van der Waals surface area (Å²) in [5.74, 6) is -0.964. The van der Waals surface area contributed by atoms with E-state index in [1.54, 1.807) is 33.9 Å². The van der Waals surface area contributed by atoms with Crippen LogP contribution in [0.4, 0.5) is 16.4 Å². The number of carbonyl (C=O) groups excluding carboxylic acids is 1. The fourth-order valence-electron chi connectivity index (χ4n) is 5.32. The molecule has 3 aromatic heterocycles. The van der Waals surface area contributed by atoms with Crippen LogP contribution in [0.15, 0.2) is 49.3 Å². The predicted molar refractivity (Wildman–Crippen MR) is 155 cm³/mol. The van der Waals surface area contributed by atoms with Crippen molar-refractivity contribution < 1.29 is 81.9 Å². The number of hydrogen-bond donors (Lipinski definition) is 1. The van der Waals surface area contributed by atoms with Gasteiger partial charge in [0.15, 0.2) is 24.1 Å². The molecule has 1 aromatic carbocycles. The maximum absolute atomic E-state index is 13.5. The quantitative estimate of drug-likeness (QED) is 0.0483. The van der Waals surface area contributed by atoms with Crippen molar-refractivity contribution in [3.63, 3.8) is 0 Å². The Morgan fingerprint density at radius 1 is 1.25 bits per heavy atom. The zero-order valence-electron chi connectivity index (χ0n) is 26.9. The molecule has 0 amide bonds. The third kappa shape index (κ3) is 7.47. The summed E-state index contributed by atoms with van der Waals surface area (Å²) in [5, 5.41) is 24.4. The summed E-state index contributed by atoms with van der Waals surface area (Å²) in [6.07, 6.45) is -2.48. The molecule has 1 aliphatic heterocycles. The van der Waals surface area contributed by atoms with E-state index in [1.165, 1.54) is 53.2 Å². The topological polar surface area (TPSA) is 248 Å². The SMILES string of the molecule is COC1[C@@H](OC(=O)OC(c2ccccc2[N+](=O)[O-])C(C)(C)C)[C@@H](COP(=O)([O-])n2ccnc2)O[C@H]1[n+]1cn(C)c2c([O-])nc(N)nc21.[Na+]. The zero-order chi connectivity index (χ0) is 34.3. The van der Waals surface area contributed by atoms with Gasteiger partial charge in [-0.2, -0.15) is 0 Å². The molecule has 0 aliphatic carbocycles. The summed E-state index contributed by atoms with van der Waals surface area (Å²) < 4.78 is 45.0. The Morgan fingerprint density at radius 3 is 2.58 bits per heavy atom. The van der Waals surface area contributed by atoms with Gasteiger partial charge in [-0.3, -0.25) is 23.6 Å². The van der Waals surface area contributed by atoms with Gasteiger partial charge in [0.2, 0.25) is 14.0 Å². The minimum atomic E-state index is -4.72. The molecule has 0 radical (unpaired) electrons. The number of hydrogen-bond acceptors (Lipinski definition) is 15. The van der Waals surface area contributed by atoms with Crippen LogP contribution in [0.2, 0.25) is 0 Å². The van der Waals surface area contributed by atoms with Crippen LogP contribution < -0.4 is 49.9 Å². The Kier molecular flexibility index (Phi) is 11.2. The number of aryl methyl sites for hydroxylation is 1. The number of fused-ring (bicyclic) bond motifs is 1. The maximum Gasteiger partial charge on any atom is 1.00 e. The molecule has 0 saturated carbocycles. The number of aromatic nitrogens is 6. The largest absolute Gasteiger partial charge is 1.00 e. The molecule has 252 valence electrons. The fourth-order valence-corrected chi connectivity index (χ4v) is 6.20. The van der Waals surface area contributed by atoms with Crippen molar-refractivity contribution in [3.8, 4) is 5.88 Å². The number of ether oxygens (including phenoxy) is 4. The first kappa shape index (κ1) is 37.1. The van der Waals surface area contributed by atoms with Crippen molar-refractivity contribution in [2.24, 2.45) is 12.5 Å². The van der Waals surface area contributed by atoms with E-state index in [2.05, 4.69) is 15.0 Å². The molecule has 4 heterocycles. The second-order valence-corrected chi connectivity index (χ2v) is 13.3. The molecule has 5 rings (SSSR count). The minimum absolute atomic E-state index is 0. The van der Waals surface area contributed by atoms with Crippen molar-refractivity contribution in [1.82, 2.24) is 23.9 Å². The average Bonchev–Trinajstić information content (AvgIpc) is 3.73. The number of nitrogen functional groups attached to an aromatic ring is 1. The van der Waals surface area contributed by atoms with Crippen LogP contribution in [0.1, 0.15) is 38.7 Å². The summed E-state index contributed by atoms with van der Waals surface area (Å²) >= 11 is 0. The Labute approximate surface area is 295 Å². The molecule has 0 spiro atoms. The predicted octanol–water partition coefficient (Wildman–Crippen LogP) is -1.72. The molecule has 1 fully saturated rings. The molecule has 21 heteroatoms. The van der Waals surface area contributed by atoms with Gasteiger partial charge < -0.3 is 39.2 Å². The van der Waals surface area contributed by atoms with E-state index in [-0.39, 0.29) is 57.9 Å². The zero-order valence-corrected chi connectivity index (χ0v) is 29.8. The minimum Gasteiger partial charge on any atom is -0.856 e. The summed E-state index contributed by atoms with van der Waals surface area (Å²) in [7, 11) is -1.85. The first-order valence-electron chi connectivity index (χ1n) is 14.1. The van der Waals surface area contributed by atoms with Gasteiger partial charge in [-0.15, -0.1) is 0 Å². The summed E-state index contributed by atoms with van der Waals surface area (Å²) in [6, 6.07) is 5.83. The number of nitrogens with zero attached hydrogens (tertiary/aromatic N) is 7. The molecule has 48 heavy (non-hydrogen) atoms. The number of nitro benzene ring substituents is 1. The van der Waals surface area contributed by atoms with Gasteiger partial charge in [-0.05, 0) is 6.07 Å². The van der Waals surface area contributed by atoms with Crippen LogP contribution in [0.5, 0.6) is 5.88 Å². The first-order valence-corrected chi connectivity index (χ1v) is 15.6. The van der Waals surface area contributed by atoms with E-state index in [0.29, 0.717) is 0 Å². The maximum atomic E-state index is 13.5. The Hall–Kier alpha value is -3.68. The van der Waals surface area contributed by atoms with Crippen molar-refractivity contribution in [1.29, 1.82) is 0 Å². The van der Waals surface area contributed by atoms with E-state index in [0.717, 1.165) is 10.7 Å². The molecule has 0 bridgehead atoms. The van der Waals surface area contributed by atoms with Gasteiger partial charge in [0.1, 0.15) is 18.5 Å². The molecule has 1 saturated heterocycles. The van der Waals surface area contributed by atoms with Crippen LogP contribution in [-0.2, 0) is 35.1 Å². The molecule has 2 N–H and O–H groups in total. The van der Waals surface area contributed by atoms with Crippen LogP contribution >= 0.6 is 7.75 Å². The van der Waals surface area contributed by atoms with E-state index in [9.17, 15) is 29.5 Å². The third-order valence-corrected chi connectivity index (χ3v) is 8.68. The third-order valence-electron chi connectivity index (χ3n) is 7.40. The fraction of sp³-hybridized carbons (Fsp3) is 0.444. The summed E-state index contributed by atoms with van der Waals surface area (Å²) in [4.78, 5) is 49.0. The van der Waals surface area contributed by atoms with Gasteiger partial charge in [-0.1, -0.05) is 37.9 Å². The molecular formula is C27H32N8NaO11P. The van der Waals surface area contributed by atoms with Crippen molar-refractivity contribution >= 4 is 36.7 Å². The number of rotatable bonds is 10. The molecule has 1 aliphatic rings. The van der Waals surface area contributed by atoms with E-state index in [1.807, 2.05) is 0 Å². The van der Waals surface area contributed by atoms with E-state index >= 15 is 0 Å². The van der Waals surface area contributed by atoms with Gasteiger partial charge >= 0.3 is 41.4 Å². The van der Waals surface area contributed by atoms with Gasteiger partial charge in [0, 0.05) is 36.9 Å². The number of imidazole rings is 2. The normalized spacial score (nSPS) is 21.3. The van der Waals surface area contributed by atoms with E-state index < -0.39 is 67.4 Å².